The monoisotopic (exact) mass is 464 g/mol. The number of carbonyl (C=O) groups excluding carboxylic acids is 3. The van der Waals surface area contributed by atoms with E-state index in [9.17, 15) is 14.4 Å². The zero-order chi connectivity index (χ0) is 23.7. The molecule has 170 valence electrons. The van der Waals surface area contributed by atoms with Crippen LogP contribution in [-0.4, -0.2) is 33.7 Å². The number of amides is 2. The molecule has 1 aromatic carbocycles. The summed E-state index contributed by atoms with van der Waals surface area (Å²) < 4.78 is 12.1. The number of rotatable bonds is 6. The van der Waals surface area contributed by atoms with Crippen LogP contribution in [0.5, 0.6) is 0 Å². The van der Waals surface area contributed by atoms with E-state index in [4.69, 9.17) is 4.42 Å². The van der Waals surface area contributed by atoms with E-state index >= 15 is 0 Å². The summed E-state index contributed by atoms with van der Waals surface area (Å²) in [5.74, 6) is -0.657. The predicted octanol–water partition coefficient (Wildman–Crippen LogP) is 5.27. The van der Waals surface area contributed by atoms with Gasteiger partial charge in [-0.1, -0.05) is 19.1 Å². The number of furan rings is 1. The first-order valence-electron chi connectivity index (χ1n) is 10.5. The van der Waals surface area contributed by atoms with Crippen LogP contribution in [0.3, 0.4) is 0 Å². The summed E-state index contributed by atoms with van der Waals surface area (Å²) in [6.45, 7) is 6.08. The van der Waals surface area contributed by atoms with E-state index < -0.39 is 11.9 Å². The molecule has 1 saturated heterocycles. The Kier molecular flexibility index (Phi) is 6.29. The Hall–Kier alpha value is -3.52. The van der Waals surface area contributed by atoms with Gasteiger partial charge in [0.25, 0.3) is 11.1 Å². The fourth-order valence-corrected chi connectivity index (χ4v) is 4.65. The molecule has 0 spiro atoms. The Bertz CT molecular complexity index is 1270. The second-order valence-corrected chi connectivity index (χ2v) is 8.70. The number of imide groups is 1. The molecule has 2 aromatic heterocycles. The van der Waals surface area contributed by atoms with E-state index in [1.54, 1.807) is 12.1 Å². The standard InChI is InChI=1S/C25H24N2O5S/c1-5-17-6-8-19(9-7-17)27-15(2)12-18(16(27)3)13-22-23(28)26(25(30)33-22)14-20-10-11-21(32-20)24(29)31-4/h6-13H,5,14H2,1-4H3. The van der Waals surface area contributed by atoms with Crippen molar-refractivity contribution in [3.8, 4) is 5.69 Å². The number of aryl methyl sites for hydroxylation is 2. The lowest BCUT2D eigenvalue weighted by Gasteiger charge is -2.10. The molecule has 0 N–H and O–H groups in total. The first kappa shape index (κ1) is 22.7. The highest BCUT2D eigenvalue weighted by atomic mass is 32.2. The second-order valence-electron chi connectivity index (χ2n) is 7.71. The molecule has 0 atom stereocenters. The normalized spacial score (nSPS) is 15.0. The van der Waals surface area contributed by atoms with Gasteiger partial charge in [0.05, 0.1) is 18.6 Å². The first-order valence-corrected chi connectivity index (χ1v) is 11.3. The average Bonchev–Trinajstić information content (AvgIpc) is 3.47. The Balaban J connectivity index is 1.57. The number of aromatic nitrogens is 1. The summed E-state index contributed by atoms with van der Waals surface area (Å²) in [7, 11) is 1.25. The van der Waals surface area contributed by atoms with Crippen LogP contribution in [-0.2, 0) is 22.5 Å². The number of hydrogen-bond donors (Lipinski definition) is 0. The summed E-state index contributed by atoms with van der Waals surface area (Å²) in [5.41, 5.74) is 5.22. The summed E-state index contributed by atoms with van der Waals surface area (Å²) in [6, 6.07) is 13.4. The van der Waals surface area contributed by atoms with E-state index in [1.807, 2.05) is 19.9 Å². The molecule has 33 heavy (non-hydrogen) atoms. The Morgan fingerprint density at radius 3 is 2.52 bits per heavy atom. The summed E-state index contributed by atoms with van der Waals surface area (Å²) in [5, 5.41) is -0.383. The van der Waals surface area contributed by atoms with Gasteiger partial charge in [0, 0.05) is 17.1 Å². The topological polar surface area (TPSA) is 81.8 Å². The van der Waals surface area contributed by atoms with Gasteiger partial charge in [0.2, 0.25) is 5.76 Å². The fourth-order valence-electron chi connectivity index (χ4n) is 3.82. The van der Waals surface area contributed by atoms with Gasteiger partial charge in [-0.2, -0.15) is 0 Å². The number of thioether (sulfide) groups is 1. The minimum atomic E-state index is -0.616. The van der Waals surface area contributed by atoms with Crippen molar-refractivity contribution in [2.24, 2.45) is 0 Å². The molecule has 1 aliphatic rings. The quantitative estimate of drug-likeness (QED) is 0.365. The van der Waals surface area contributed by atoms with E-state index in [-0.39, 0.29) is 17.5 Å². The number of esters is 1. The number of carbonyl (C=O) groups is 3. The number of nitrogens with zero attached hydrogens (tertiary/aromatic N) is 2. The van der Waals surface area contributed by atoms with Gasteiger partial charge in [-0.15, -0.1) is 0 Å². The van der Waals surface area contributed by atoms with Crippen molar-refractivity contribution in [2.45, 2.75) is 33.7 Å². The fraction of sp³-hybridized carbons (Fsp3) is 0.240. The third kappa shape index (κ3) is 4.39. The molecule has 3 aromatic rings. The molecule has 0 saturated carbocycles. The van der Waals surface area contributed by atoms with Gasteiger partial charge >= 0.3 is 5.97 Å². The number of benzene rings is 1. The smallest absolute Gasteiger partial charge is 0.373 e. The van der Waals surface area contributed by atoms with Crippen LogP contribution in [0, 0.1) is 13.8 Å². The highest BCUT2D eigenvalue weighted by molar-refractivity contribution is 8.18. The van der Waals surface area contributed by atoms with Crippen molar-refractivity contribution >= 4 is 35.0 Å². The first-order chi connectivity index (χ1) is 15.8. The van der Waals surface area contributed by atoms with E-state index in [0.717, 1.165) is 45.7 Å². The molecular formula is C25H24N2O5S. The molecule has 7 nitrogen and oxygen atoms in total. The minimum absolute atomic E-state index is 0.0226. The van der Waals surface area contributed by atoms with Crippen LogP contribution in [0.25, 0.3) is 11.8 Å². The van der Waals surface area contributed by atoms with Crippen LogP contribution in [0.1, 0.15) is 45.8 Å². The van der Waals surface area contributed by atoms with Crippen LogP contribution >= 0.6 is 11.8 Å². The highest BCUT2D eigenvalue weighted by Gasteiger charge is 2.36. The lowest BCUT2D eigenvalue weighted by molar-refractivity contribution is -0.123. The Labute approximate surface area is 196 Å². The van der Waals surface area contributed by atoms with Gasteiger partial charge < -0.3 is 13.7 Å². The molecule has 0 radical (unpaired) electrons. The SMILES string of the molecule is CCc1ccc(-n2c(C)cc(C=C3SC(=O)N(Cc4ccc(C(=O)OC)o4)C3=O)c2C)cc1. The third-order valence-corrected chi connectivity index (χ3v) is 6.50. The van der Waals surface area contributed by atoms with Crippen molar-refractivity contribution in [3.63, 3.8) is 0 Å². The molecule has 0 bridgehead atoms. The van der Waals surface area contributed by atoms with Gasteiger partial charge in [-0.25, -0.2) is 4.79 Å². The largest absolute Gasteiger partial charge is 0.463 e. The van der Waals surface area contributed by atoms with Crippen molar-refractivity contribution in [1.29, 1.82) is 0 Å². The lowest BCUT2D eigenvalue weighted by Crippen LogP contribution is -2.27. The predicted molar refractivity (Wildman–Crippen MR) is 126 cm³/mol. The maximum absolute atomic E-state index is 12.9. The highest BCUT2D eigenvalue weighted by Crippen LogP contribution is 2.35. The summed E-state index contributed by atoms with van der Waals surface area (Å²) in [6.07, 6.45) is 2.74. The maximum Gasteiger partial charge on any atom is 0.373 e. The molecular weight excluding hydrogens is 440 g/mol. The summed E-state index contributed by atoms with van der Waals surface area (Å²) in [4.78, 5) is 38.5. The Morgan fingerprint density at radius 2 is 1.85 bits per heavy atom. The average molecular weight is 465 g/mol. The van der Waals surface area contributed by atoms with Crippen LogP contribution in [0.4, 0.5) is 4.79 Å². The van der Waals surface area contributed by atoms with Crippen LogP contribution in [0.15, 0.2) is 51.8 Å². The molecule has 4 rings (SSSR count). The van der Waals surface area contributed by atoms with Gasteiger partial charge in [-0.3, -0.25) is 14.5 Å². The molecule has 1 aliphatic heterocycles. The molecule has 8 heteroatoms. The zero-order valence-corrected chi connectivity index (χ0v) is 19.7. The number of ether oxygens (including phenoxy) is 1. The second kappa shape index (κ2) is 9.15. The lowest BCUT2D eigenvalue weighted by atomic mass is 10.1. The van der Waals surface area contributed by atoms with Gasteiger partial charge in [0.15, 0.2) is 0 Å². The summed E-state index contributed by atoms with van der Waals surface area (Å²) >= 11 is 0.894. The van der Waals surface area contributed by atoms with E-state index in [0.29, 0.717) is 10.7 Å². The Morgan fingerprint density at radius 1 is 1.12 bits per heavy atom. The van der Waals surface area contributed by atoms with E-state index in [2.05, 4.69) is 40.5 Å². The molecule has 0 aliphatic carbocycles. The molecule has 1 fully saturated rings. The van der Waals surface area contributed by atoms with Crippen LogP contribution in [0.2, 0.25) is 0 Å². The van der Waals surface area contributed by atoms with Crippen molar-refractivity contribution in [1.82, 2.24) is 9.47 Å². The molecule has 3 heterocycles. The number of methoxy groups -OCH3 is 1. The van der Waals surface area contributed by atoms with Crippen LogP contribution < -0.4 is 0 Å². The minimum Gasteiger partial charge on any atom is -0.463 e. The van der Waals surface area contributed by atoms with E-state index in [1.165, 1.54) is 18.7 Å². The van der Waals surface area contributed by atoms with Crippen molar-refractivity contribution in [2.75, 3.05) is 7.11 Å². The maximum atomic E-state index is 12.9. The third-order valence-electron chi connectivity index (χ3n) is 5.60. The zero-order valence-electron chi connectivity index (χ0n) is 18.9. The molecule has 2 amide bonds. The molecule has 0 unspecified atom stereocenters. The van der Waals surface area contributed by atoms with Crippen molar-refractivity contribution in [3.05, 3.63) is 81.4 Å². The van der Waals surface area contributed by atoms with Gasteiger partial charge in [-0.05, 0) is 79.6 Å². The van der Waals surface area contributed by atoms with Crippen molar-refractivity contribution < 1.29 is 23.5 Å². The van der Waals surface area contributed by atoms with Gasteiger partial charge in [0.1, 0.15) is 5.76 Å². The number of hydrogen-bond acceptors (Lipinski definition) is 6.